The second kappa shape index (κ2) is 48.9. The molecule has 35 nitrogen and oxygen atoms in total. The zero-order valence-corrected chi connectivity index (χ0v) is 75.0. The topological polar surface area (TPSA) is 506 Å². The van der Waals surface area contributed by atoms with Gasteiger partial charge in [0.25, 0.3) is 0 Å². The van der Waals surface area contributed by atoms with Gasteiger partial charge in [-0.15, -0.1) is 11.8 Å². The van der Waals surface area contributed by atoms with Crippen LogP contribution in [0.3, 0.4) is 0 Å². The van der Waals surface area contributed by atoms with Crippen LogP contribution >= 0.6 is 11.8 Å². The number of H-pyrrole nitrogens is 1. The Morgan fingerprint density at radius 3 is 1.49 bits per heavy atom. The molecule has 1 aliphatic heterocycles. The molecule has 0 saturated carbocycles. The zero-order chi connectivity index (χ0) is 94.3. The highest BCUT2D eigenvalue weighted by Crippen LogP contribution is 2.24. The molecule has 0 spiro atoms. The lowest BCUT2D eigenvalue weighted by Gasteiger charge is -2.37. The largest absolute Gasteiger partial charge is 0.508 e. The van der Waals surface area contributed by atoms with Gasteiger partial charge >= 0.3 is 5.97 Å². The van der Waals surface area contributed by atoms with E-state index in [9.17, 15) is 53.4 Å². The van der Waals surface area contributed by atoms with E-state index in [1.807, 2.05) is 6.92 Å². The number of carboxylic acid groups (broad SMARTS) is 1. The van der Waals surface area contributed by atoms with Gasteiger partial charge in [0.1, 0.15) is 72.2 Å². The minimum Gasteiger partial charge on any atom is -0.508 e. The number of phenolic OH excluding ortho intramolecular Hbond substituents is 1. The number of nitrogens with one attached hydrogen (secondary N) is 10. The highest BCUT2D eigenvalue weighted by molar-refractivity contribution is 8.00. The number of carbonyl (C=O) groups excluding carboxylic acids is 15. The Morgan fingerprint density at radius 1 is 0.473 bits per heavy atom. The number of carboxylic acids is 1. The van der Waals surface area contributed by atoms with E-state index in [0.717, 1.165) is 26.5 Å². The summed E-state index contributed by atoms with van der Waals surface area (Å²) in [7, 11) is 6.56. The molecule has 690 valence electrons. The lowest BCUT2D eigenvalue weighted by Crippen LogP contribution is -2.61. The van der Waals surface area contributed by atoms with Crippen LogP contribution in [0.4, 0.5) is 5.69 Å². The molecule has 16 N–H and O–H groups in total. The third-order valence-corrected chi connectivity index (χ3v) is 23.1. The fourth-order valence-corrected chi connectivity index (χ4v) is 15.8. The maximum atomic E-state index is 15.5. The number of benzene rings is 6. The number of para-hydroxylation sites is 1. The molecule has 0 unspecified atom stereocenters. The minimum atomic E-state index is -1.90. The van der Waals surface area contributed by atoms with Crippen LogP contribution < -0.4 is 59.3 Å². The number of aliphatic carboxylic acids is 1. The van der Waals surface area contributed by atoms with Crippen molar-refractivity contribution in [1.29, 1.82) is 0 Å². The van der Waals surface area contributed by atoms with Crippen molar-refractivity contribution in [2.75, 3.05) is 72.1 Å². The van der Waals surface area contributed by atoms with Crippen molar-refractivity contribution < 1.29 is 86.9 Å². The molecule has 6 aromatic carbocycles. The first-order chi connectivity index (χ1) is 61.4. The molecule has 0 aliphatic carbocycles. The van der Waals surface area contributed by atoms with Crippen LogP contribution in [0.1, 0.15) is 100 Å². The van der Waals surface area contributed by atoms with Gasteiger partial charge in [-0.1, -0.05) is 181 Å². The fourth-order valence-electron chi connectivity index (χ4n) is 15.0. The Bertz CT molecular complexity index is 5070. The smallest absolute Gasteiger partial charge is 0.305 e. The van der Waals surface area contributed by atoms with Crippen LogP contribution in [-0.4, -0.2) is 267 Å². The van der Waals surface area contributed by atoms with Gasteiger partial charge in [-0.2, -0.15) is 0 Å². The molecule has 1 fully saturated rings. The molecule has 7 aromatic rings. The second-order valence-corrected chi connectivity index (χ2v) is 34.2. The number of aromatic amines is 1. The van der Waals surface area contributed by atoms with Crippen LogP contribution in [0.15, 0.2) is 170 Å². The number of thioether (sulfide) groups is 1. The summed E-state index contributed by atoms with van der Waals surface area (Å²) in [5.74, 6) is -17.1. The van der Waals surface area contributed by atoms with Gasteiger partial charge in [0.15, 0.2) is 0 Å². The van der Waals surface area contributed by atoms with Crippen LogP contribution in [0.25, 0.3) is 10.9 Å². The number of nitrogen functional groups attached to an aromatic ring is 1. The second-order valence-electron chi connectivity index (χ2n) is 33.1. The van der Waals surface area contributed by atoms with Gasteiger partial charge in [-0.25, -0.2) is 0 Å². The van der Waals surface area contributed by atoms with Crippen molar-refractivity contribution >= 4 is 123 Å². The first-order valence-electron chi connectivity index (χ1n) is 42.7. The average molecular weight is 1800 g/mol. The van der Waals surface area contributed by atoms with E-state index in [4.69, 9.17) is 11.5 Å². The van der Waals surface area contributed by atoms with Crippen LogP contribution in [-0.2, 0) is 115 Å². The third kappa shape index (κ3) is 30.5. The summed E-state index contributed by atoms with van der Waals surface area (Å²) in [4.78, 5) is 244. The molecule has 1 aromatic heterocycles. The lowest BCUT2D eigenvalue weighted by atomic mass is 9.98. The number of likely N-dealkylation sites (N-methyl/N-ethyl adjacent to an activating group) is 5. The number of unbranched alkanes of at least 4 members (excludes halogenated alkanes) is 1. The third-order valence-electron chi connectivity index (χ3n) is 22.1. The summed E-state index contributed by atoms with van der Waals surface area (Å²) < 4.78 is 0. The number of nitrogens with two attached hydrogens (primary N) is 2. The monoisotopic (exact) mass is 1790 g/mol. The van der Waals surface area contributed by atoms with E-state index in [1.54, 1.807) is 173 Å². The van der Waals surface area contributed by atoms with Crippen LogP contribution in [0, 0.1) is 11.8 Å². The number of carbonyl (C=O) groups is 16. The molecule has 1 saturated heterocycles. The molecule has 0 bridgehead atoms. The predicted molar refractivity (Wildman–Crippen MR) is 485 cm³/mol. The van der Waals surface area contributed by atoms with Crippen LogP contribution in [0.5, 0.6) is 5.75 Å². The van der Waals surface area contributed by atoms with Crippen molar-refractivity contribution in [2.24, 2.45) is 17.6 Å². The van der Waals surface area contributed by atoms with Gasteiger partial charge < -0.3 is 99.0 Å². The standard InChI is InChI=1S/C93H119N17O18S/c1-11-12-32-74-91(126)107(7)52-79(114)99-70(48-81(116)117)87(122)105-82(56(4)5)93(128)109(9)75(45-58-26-18-14-19-27-58)88(123)103-71(44-61-35-39-64(111)40-36-61)89(124)106(6)51-78(113)98-69(47-62-49-96-66-31-23-22-30-65(62)66)86(121)102-68(42-60-33-37-63(94)38-34-60)85(120)101-67(41-55(2)3)84(119)104-73(83(118)97-50-77(95)112)53-129-54-80(115)100-72(43-57-24-16-13-17-25-57)90(125)110(10)76(92(127)108(74)8)46-59-28-20-15-21-29-59/h13-31,33-40,49,55-56,67-76,82,96,111H,11-12,32,41-48,50-54,94H2,1-10H3,(H2,95,112)(H,97,118)(H,98,113)(H,99,114)(H,100,115)(H,101,120)(H,102,121)(H,103,123)(H,104,119)(H,105,122)(H,116,117)/t67-,68-,69-,70-,71-,72-,73-,74-,75-,76-,82-/m0/s1. The van der Waals surface area contributed by atoms with Crippen molar-refractivity contribution in [3.05, 3.63) is 203 Å². The van der Waals surface area contributed by atoms with Crippen molar-refractivity contribution in [1.82, 2.24) is 77.3 Å². The van der Waals surface area contributed by atoms with E-state index in [0.29, 0.717) is 62.8 Å². The Kier molecular flexibility index (Phi) is 38.2. The number of amides is 15. The lowest BCUT2D eigenvalue weighted by molar-refractivity contribution is -0.151. The molecule has 1 aliphatic rings. The number of anilines is 1. The molecule has 8 rings (SSSR count). The highest BCUT2D eigenvalue weighted by atomic mass is 32.2. The number of aromatic hydroxyl groups is 1. The molecule has 15 amide bonds. The minimum absolute atomic E-state index is 0.0329. The summed E-state index contributed by atoms with van der Waals surface area (Å²) in [6, 6.07) is 28.2. The molecule has 2 heterocycles. The summed E-state index contributed by atoms with van der Waals surface area (Å²) in [5.41, 5.74) is 15.7. The van der Waals surface area contributed by atoms with Crippen molar-refractivity contribution in [3.63, 3.8) is 0 Å². The number of primary amides is 1. The number of fused-ring (bicyclic) bond motifs is 1. The van der Waals surface area contributed by atoms with Gasteiger partial charge in [0, 0.05) is 102 Å². The maximum absolute atomic E-state index is 15.5. The van der Waals surface area contributed by atoms with Gasteiger partial charge in [-0.05, 0) is 88.4 Å². The first-order valence-corrected chi connectivity index (χ1v) is 43.9. The quantitative estimate of drug-likeness (QED) is 0.0408. The van der Waals surface area contributed by atoms with Gasteiger partial charge in [0.05, 0.1) is 31.8 Å². The van der Waals surface area contributed by atoms with Gasteiger partial charge in [0.2, 0.25) is 88.6 Å². The molecular formula is C93H119N17O18S. The number of hydrogen-bond acceptors (Lipinski definition) is 19. The van der Waals surface area contributed by atoms with E-state index >= 15 is 33.6 Å². The average Bonchev–Trinajstić information content (AvgIpc) is 1.50. The Balaban J connectivity index is 1.21. The number of nitrogens with zero attached hydrogens (tertiary/aromatic N) is 5. The Labute approximate surface area is 753 Å². The van der Waals surface area contributed by atoms with E-state index in [2.05, 4.69) is 52.8 Å². The summed E-state index contributed by atoms with van der Waals surface area (Å²) >= 11 is 0.838. The molecule has 36 heteroatoms. The number of rotatable bonds is 23. The summed E-state index contributed by atoms with van der Waals surface area (Å²) in [5, 5.41) is 45.3. The SMILES string of the molecule is CCCC[C@H]1C(=O)N(C)CC(=O)N[C@@H](CC(=O)O)C(=O)N[C@@H](C(C)C)C(=O)N(C)[C@@H](Cc2ccccc2)C(=O)N[C@@H](Cc2ccc(O)cc2)C(=O)N(C)CC(=O)N[C@@H](Cc2c[nH]c3ccccc23)C(=O)N[C@@H](Cc2ccc(N)cc2)C(=O)N[C@@H](CC(C)C)C(=O)N[C@H](C(=O)NCC(N)=O)CSCC(=O)N[C@@H](Cc2ccccc2)C(=O)N(C)[C@@H](Cc2ccccc2)C(=O)N1C. The van der Waals surface area contributed by atoms with Crippen molar-refractivity contribution in [3.8, 4) is 5.75 Å². The Hall–Kier alpha value is -13.7. The van der Waals surface area contributed by atoms with E-state index < -0.39 is 199 Å². The Morgan fingerprint density at radius 2 is 0.930 bits per heavy atom. The van der Waals surface area contributed by atoms with E-state index in [-0.39, 0.29) is 68.8 Å². The van der Waals surface area contributed by atoms with E-state index in [1.165, 1.54) is 69.3 Å². The molecule has 0 radical (unpaired) electrons. The predicted octanol–water partition coefficient (Wildman–Crippen LogP) is 2.20. The number of hydrogen-bond donors (Lipinski definition) is 14. The molecular weight excluding hydrogens is 1680 g/mol. The summed E-state index contributed by atoms with van der Waals surface area (Å²) in [6.07, 6.45) is 0.225. The number of phenols is 1. The fraction of sp³-hybridized carbons (Fsp3) is 0.419. The van der Waals surface area contributed by atoms with Gasteiger partial charge in [-0.3, -0.25) is 76.7 Å². The normalized spacial score (nSPS) is 21.9. The van der Waals surface area contributed by atoms with Crippen LogP contribution in [0.2, 0.25) is 0 Å². The molecule has 11 atom stereocenters. The summed E-state index contributed by atoms with van der Waals surface area (Å²) in [6.45, 7) is 6.23. The highest BCUT2D eigenvalue weighted by Gasteiger charge is 2.42. The number of aromatic nitrogens is 1. The maximum Gasteiger partial charge on any atom is 0.305 e. The first kappa shape index (κ1) is 101. The zero-order valence-electron chi connectivity index (χ0n) is 74.2. The molecule has 129 heavy (non-hydrogen) atoms. The van der Waals surface area contributed by atoms with Crippen molar-refractivity contribution in [2.45, 2.75) is 172 Å².